The molecule has 2 atom stereocenters. The van der Waals surface area contributed by atoms with Crippen molar-refractivity contribution in [2.75, 3.05) is 26.3 Å². The number of hydrogen-bond acceptors (Lipinski definition) is 7. The summed E-state index contributed by atoms with van der Waals surface area (Å²) >= 11 is 0. The van der Waals surface area contributed by atoms with Gasteiger partial charge in [-0.05, 0) is 36.5 Å². The molecular weight excluding hydrogens is 424 g/mol. The molecular formula is C23H28N6O4. The smallest absolute Gasteiger partial charge is 0.274 e. The van der Waals surface area contributed by atoms with E-state index in [0.717, 1.165) is 38.0 Å². The number of aromatic amines is 1. The molecule has 2 aliphatic heterocycles. The van der Waals surface area contributed by atoms with Gasteiger partial charge in [-0.25, -0.2) is 15.1 Å². The van der Waals surface area contributed by atoms with E-state index in [1.165, 1.54) is 0 Å². The first-order valence-electron chi connectivity index (χ1n) is 11.3. The van der Waals surface area contributed by atoms with E-state index >= 15 is 0 Å². The van der Waals surface area contributed by atoms with Gasteiger partial charge in [-0.1, -0.05) is 19.1 Å². The monoisotopic (exact) mass is 452 g/mol. The van der Waals surface area contributed by atoms with Crippen molar-refractivity contribution in [2.24, 2.45) is 5.92 Å². The molecule has 0 saturated carbocycles. The van der Waals surface area contributed by atoms with Crippen LogP contribution in [0.25, 0.3) is 11.0 Å². The molecule has 174 valence electrons. The van der Waals surface area contributed by atoms with E-state index in [1.54, 1.807) is 23.8 Å². The fourth-order valence-corrected chi connectivity index (χ4v) is 4.96. The zero-order valence-corrected chi connectivity index (χ0v) is 18.5. The number of rotatable bonds is 5. The van der Waals surface area contributed by atoms with Crippen molar-refractivity contribution in [3.8, 4) is 0 Å². The van der Waals surface area contributed by atoms with E-state index in [2.05, 4.69) is 21.9 Å². The second kappa shape index (κ2) is 9.05. The minimum absolute atomic E-state index is 0.111. The highest BCUT2D eigenvalue weighted by Crippen LogP contribution is 2.32. The highest BCUT2D eigenvalue weighted by molar-refractivity contribution is 5.93. The lowest BCUT2D eigenvalue weighted by molar-refractivity contribution is 0.0673. The summed E-state index contributed by atoms with van der Waals surface area (Å²) in [5, 5.41) is 13.8. The molecule has 0 radical (unpaired) electrons. The Morgan fingerprint density at radius 3 is 2.73 bits per heavy atom. The highest BCUT2D eigenvalue weighted by atomic mass is 16.5. The Bertz CT molecular complexity index is 1200. The number of benzene rings is 1. The Balaban J connectivity index is 1.35. The van der Waals surface area contributed by atoms with Crippen LogP contribution in [0.3, 0.4) is 0 Å². The van der Waals surface area contributed by atoms with Crippen LogP contribution < -0.4 is 11.0 Å². The Morgan fingerprint density at radius 2 is 2.00 bits per heavy atom. The number of fused-ring (bicyclic) bond motifs is 1. The van der Waals surface area contributed by atoms with E-state index in [0.29, 0.717) is 41.6 Å². The van der Waals surface area contributed by atoms with Gasteiger partial charge in [0.25, 0.3) is 11.5 Å². The molecule has 2 aliphatic rings. The molecule has 5 rings (SSSR count). The molecule has 2 saturated heterocycles. The molecule has 2 fully saturated rings. The summed E-state index contributed by atoms with van der Waals surface area (Å²) in [5.41, 5.74) is 3.64. The topological polar surface area (TPSA) is 125 Å². The van der Waals surface area contributed by atoms with Crippen LogP contribution in [0.1, 0.15) is 53.5 Å². The van der Waals surface area contributed by atoms with Crippen molar-refractivity contribution in [3.63, 3.8) is 0 Å². The first-order chi connectivity index (χ1) is 16.0. The predicted molar refractivity (Wildman–Crippen MR) is 120 cm³/mol. The number of nitrogens with zero attached hydrogens (tertiary/aromatic N) is 4. The van der Waals surface area contributed by atoms with E-state index in [9.17, 15) is 9.59 Å². The molecule has 0 spiro atoms. The quantitative estimate of drug-likeness (QED) is 0.398. The summed E-state index contributed by atoms with van der Waals surface area (Å²) in [4.78, 5) is 34.6. The maximum atomic E-state index is 12.8. The number of likely N-dealkylation sites (tertiary alicyclic amines) is 1. The van der Waals surface area contributed by atoms with Crippen LogP contribution >= 0.6 is 0 Å². The van der Waals surface area contributed by atoms with E-state index < -0.39 is 5.91 Å². The van der Waals surface area contributed by atoms with Crippen molar-refractivity contribution >= 4 is 16.9 Å². The van der Waals surface area contributed by atoms with Gasteiger partial charge < -0.3 is 9.72 Å². The van der Waals surface area contributed by atoms with Crippen molar-refractivity contribution < 1.29 is 14.7 Å². The normalized spacial score (nSPS) is 22.1. The SMILES string of the molecule is C[C@H]1CN(Cc2ccc(C(=O)NO)cc2)C[C@@H]1c1nc2c(cnn2C2CCOCC2)c(=O)[nH]1. The van der Waals surface area contributed by atoms with Crippen molar-refractivity contribution in [1.29, 1.82) is 0 Å². The molecule has 0 aliphatic carbocycles. The van der Waals surface area contributed by atoms with Crippen molar-refractivity contribution in [2.45, 2.75) is 38.3 Å². The lowest BCUT2D eigenvalue weighted by Crippen LogP contribution is -2.23. The van der Waals surface area contributed by atoms with E-state index in [4.69, 9.17) is 14.9 Å². The number of H-pyrrole nitrogens is 1. The number of carbonyl (C=O) groups is 1. The van der Waals surface area contributed by atoms with Gasteiger partial charge in [0, 0.05) is 44.3 Å². The summed E-state index contributed by atoms with van der Waals surface area (Å²) < 4.78 is 7.37. The third-order valence-electron chi connectivity index (χ3n) is 6.78. The summed E-state index contributed by atoms with van der Waals surface area (Å²) in [6.07, 6.45) is 3.35. The number of hydroxylamine groups is 1. The van der Waals surface area contributed by atoms with E-state index in [-0.39, 0.29) is 17.5 Å². The number of nitrogens with one attached hydrogen (secondary N) is 2. The molecule has 10 nitrogen and oxygen atoms in total. The number of amides is 1. The largest absolute Gasteiger partial charge is 0.381 e. The van der Waals surface area contributed by atoms with Gasteiger partial charge in [-0.2, -0.15) is 5.10 Å². The highest BCUT2D eigenvalue weighted by Gasteiger charge is 2.33. The molecule has 3 N–H and O–H groups in total. The van der Waals surface area contributed by atoms with Crippen LogP contribution in [-0.4, -0.2) is 62.1 Å². The van der Waals surface area contributed by atoms with Gasteiger partial charge in [0.2, 0.25) is 0 Å². The van der Waals surface area contributed by atoms with Gasteiger partial charge >= 0.3 is 0 Å². The fourth-order valence-electron chi connectivity index (χ4n) is 4.96. The van der Waals surface area contributed by atoms with Gasteiger partial charge in [-0.15, -0.1) is 0 Å². The van der Waals surface area contributed by atoms with Crippen LogP contribution in [-0.2, 0) is 11.3 Å². The van der Waals surface area contributed by atoms with Gasteiger partial charge in [-0.3, -0.25) is 19.7 Å². The van der Waals surface area contributed by atoms with Crippen LogP contribution in [0.5, 0.6) is 0 Å². The van der Waals surface area contributed by atoms with E-state index in [1.807, 2.05) is 16.8 Å². The number of ether oxygens (including phenoxy) is 1. The van der Waals surface area contributed by atoms with Crippen molar-refractivity contribution in [3.05, 3.63) is 57.8 Å². The molecule has 0 bridgehead atoms. The third kappa shape index (κ3) is 4.29. The fraction of sp³-hybridized carbons (Fsp3) is 0.478. The Morgan fingerprint density at radius 1 is 1.24 bits per heavy atom. The van der Waals surface area contributed by atoms with Crippen LogP contribution in [0, 0.1) is 5.92 Å². The lowest BCUT2D eigenvalue weighted by Gasteiger charge is -2.23. The van der Waals surface area contributed by atoms with Crippen LogP contribution in [0.2, 0.25) is 0 Å². The standard InChI is InChI=1S/C23H28N6O4/c1-14-11-28(12-15-2-4-16(5-3-15)22(30)27-32)13-19(14)20-25-21-18(23(31)26-20)10-24-29(21)17-6-8-33-9-7-17/h2-5,10,14,17,19,32H,6-9,11-13H2,1H3,(H,27,30)(H,25,26,31)/t14-,19-/m0/s1. The number of carbonyl (C=O) groups excluding carboxylic acids is 1. The molecule has 1 aromatic carbocycles. The average molecular weight is 453 g/mol. The molecule has 2 aromatic heterocycles. The summed E-state index contributed by atoms with van der Waals surface area (Å²) in [7, 11) is 0. The Labute approximate surface area is 190 Å². The maximum Gasteiger partial charge on any atom is 0.274 e. The minimum Gasteiger partial charge on any atom is -0.381 e. The van der Waals surface area contributed by atoms with Crippen LogP contribution in [0.4, 0.5) is 0 Å². The lowest BCUT2D eigenvalue weighted by atomic mass is 9.97. The molecule has 0 unspecified atom stereocenters. The Hall–Kier alpha value is -3.08. The zero-order valence-electron chi connectivity index (χ0n) is 18.5. The van der Waals surface area contributed by atoms with Gasteiger partial charge in [0.15, 0.2) is 5.65 Å². The number of hydrogen-bond donors (Lipinski definition) is 3. The third-order valence-corrected chi connectivity index (χ3v) is 6.78. The first kappa shape index (κ1) is 21.7. The minimum atomic E-state index is -0.526. The van der Waals surface area contributed by atoms with Crippen molar-refractivity contribution in [1.82, 2.24) is 30.1 Å². The average Bonchev–Trinajstić information content (AvgIpc) is 3.43. The first-order valence-corrected chi connectivity index (χ1v) is 11.3. The summed E-state index contributed by atoms with van der Waals surface area (Å²) in [6, 6.07) is 7.37. The van der Waals surface area contributed by atoms with Gasteiger partial charge in [0.1, 0.15) is 11.2 Å². The second-order valence-corrected chi connectivity index (χ2v) is 9.04. The maximum absolute atomic E-state index is 12.8. The van der Waals surface area contributed by atoms with Crippen LogP contribution in [0.15, 0.2) is 35.3 Å². The zero-order chi connectivity index (χ0) is 22.9. The summed E-state index contributed by atoms with van der Waals surface area (Å²) in [5.74, 6) is 0.622. The predicted octanol–water partition coefficient (Wildman–Crippen LogP) is 1.83. The molecule has 3 aromatic rings. The summed E-state index contributed by atoms with van der Waals surface area (Å²) in [6.45, 7) is 5.96. The molecule has 1 amide bonds. The van der Waals surface area contributed by atoms with Gasteiger partial charge in [0.05, 0.1) is 12.2 Å². The molecule has 33 heavy (non-hydrogen) atoms. The second-order valence-electron chi connectivity index (χ2n) is 9.04. The molecule has 10 heteroatoms. The molecule has 4 heterocycles. The Kier molecular flexibility index (Phi) is 5.96. The number of aromatic nitrogens is 4.